The van der Waals surface area contributed by atoms with Crippen molar-refractivity contribution in [2.45, 2.75) is 123 Å². The molecule has 0 saturated carbocycles. The number of pyridine rings is 2. The van der Waals surface area contributed by atoms with Crippen LogP contribution in [-0.2, 0) is 5.41 Å². The molecular formula is C61H62N4. The normalized spacial score (nSPS) is 13.0. The second kappa shape index (κ2) is 18.7. The molecule has 10 rings (SSSR count). The van der Waals surface area contributed by atoms with Crippen LogP contribution in [0.1, 0.15) is 126 Å². The molecule has 3 heterocycles. The molecule has 0 fully saturated rings. The molecule has 1 aliphatic carbocycles. The second-order valence-electron chi connectivity index (χ2n) is 19.1. The van der Waals surface area contributed by atoms with E-state index in [2.05, 4.69) is 149 Å². The third-order valence-corrected chi connectivity index (χ3v) is 14.4. The molecule has 0 aliphatic heterocycles. The quantitative estimate of drug-likeness (QED) is 0.0520. The fraction of sp³-hybridized carbons (Fsp3) is 0.311. The van der Waals surface area contributed by atoms with Crippen LogP contribution in [0.4, 0.5) is 0 Å². The maximum atomic E-state index is 5.45. The summed E-state index contributed by atoms with van der Waals surface area (Å²) in [5.41, 5.74) is 14.9. The number of hydrogen-bond acceptors (Lipinski definition) is 4. The van der Waals surface area contributed by atoms with E-state index in [9.17, 15) is 0 Å². The van der Waals surface area contributed by atoms with Crippen LogP contribution in [-0.4, -0.2) is 19.9 Å². The number of fused-ring (bicyclic) bond motifs is 8. The monoisotopic (exact) mass is 850 g/mol. The first-order chi connectivity index (χ1) is 31.9. The van der Waals surface area contributed by atoms with Crippen LogP contribution in [0.3, 0.4) is 0 Å². The van der Waals surface area contributed by atoms with Crippen LogP contribution in [0.5, 0.6) is 0 Å². The maximum Gasteiger partial charge on any atom is 0.179 e. The van der Waals surface area contributed by atoms with Crippen LogP contribution in [0.15, 0.2) is 134 Å². The number of aryl methyl sites for hydroxylation is 2. The summed E-state index contributed by atoms with van der Waals surface area (Å²) in [4.78, 5) is 20.9. The van der Waals surface area contributed by atoms with E-state index in [4.69, 9.17) is 19.9 Å². The number of unbranched alkanes of at least 4 members (excludes halogenated alkanes) is 10. The van der Waals surface area contributed by atoms with Crippen molar-refractivity contribution in [3.8, 4) is 45.2 Å². The first-order valence-electron chi connectivity index (χ1n) is 24.7. The summed E-state index contributed by atoms with van der Waals surface area (Å²) < 4.78 is 0. The highest BCUT2D eigenvalue weighted by atomic mass is 14.9. The molecule has 4 heteroatoms. The van der Waals surface area contributed by atoms with Crippen LogP contribution in [0, 0.1) is 13.8 Å². The molecule has 1 aliphatic rings. The van der Waals surface area contributed by atoms with Crippen LogP contribution in [0.25, 0.3) is 88.5 Å². The van der Waals surface area contributed by atoms with E-state index in [1.807, 2.05) is 12.3 Å². The number of rotatable bonds is 17. The fourth-order valence-electron chi connectivity index (χ4n) is 10.8. The molecule has 0 unspecified atom stereocenters. The first-order valence-corrected chi connectivity index (χ1v) is 24.7. The van der Waals surface area contributed by atoms with Crippen LogP contribution < -0.4 is 0 Å². The zero-order valence-electron chi connectivity index (χ0n) is 38.9. The third-order valence-electron chi connectivity index (χ3n) is 14.4. The maximum absolute atomic E-state index is 5.45. The number of aromatic nitrogens is 4. The molecule has 65 heavy (non-hydrogen) atoms. The summed E-state index contributed by atoms with van der Waals surface area (Å²) in [6.07, 6.45) is 19.8. The van der Waals surface area contributed by atoms with Gasteiger partial charge in [-0.3, -0.25) is 4.98 Å². The van der Waals surface area contributed by atoms with E-state index in [0.29, 0.717) is 5.82 Å². The largest absolute Gasteiger partial charge is 0.254 e. The van der Waals surface area contributed by atoms with Crippen molar-refractivity contribution >= 4 is 43.4 Å². The Balaban J connectivity index is 1.12. The van der Waals surface area contributed by atoms with Gasteiger partial charge in [0.2, 0.25) is 0 Å². The van der Waals surface area contributed by atoms with E-state index in [1.165, 1.54) is 145 Å². The number of hydrogen-bond donors (Lipinski definition) is 0. The van der Waals surface area contributed by atoms with Crippen molar-refractivity contribution in [2.75, 3.05) is 0 Å². The van der Waals surface area contributed by atoms with Gasteiger partial charge in [-0.25, -0.2) is 15.0 Å². The molecule has 0 amide bonds. The number of benzene rings is 6. The summed E-state index contributed by atoms with van der Waals surface area (Å²) in [6.45, 7) is 9.06. The minimum Gasteiger partial charge on any atom is -0.254 e. The molecule has 0 N–H and O–H groups in total. The number of nitrogens with zero attached hydrogens (tertiary/aromatic N) is 4. The zero-order valence-corrected chi connectivity index (χ0v) is 38.9. The molecular weight excluding hydrogens is 789 g/mol. The highest BCUT2D eigenvalue weighted by Crippen LogP contribution is 2.55. The van der Waals surface area contributed by atoms with Crippen molar-refractivity contribution in [1.29, 1.82) is 0 Å². The highest BCUT2D eigenvalue weighted by molar-refractivity contribution is 6.03. The Morgan fingerprint density at radius 1 is 0.400 bits per heavy atom. The molecule has 0 bridgehead atoms. The molecule has 0 atom stereocenters. The molecule has 326 valence electrons. The SMILES string of the molecule is CCCCCCCCC1(CCCCCCCC)c2cc(C)ccc2-c2ccc(-c3cc(-c4ccc5cc6cc(C)ccc6cc5c4)nc(-c4ccc5ccc6cccnc6c5n4)n3)cc21. The summed E-state index contributed by atoms with van der Waals surface area (Å²) in [6, 6.07) is 47.3. The van der Waals surface area contributed by atoms with Crippen molar-refractivity contribution < 1.29 is 0 Å². The van der Waals surface area contributed by atoms with Crippen LogP contribution in [0.2, 0.25) is 0 Å². The van der Waals surface area contributed by atoms with Gasteiger partial charge in [-0.2, -0.15) is 0 Å². The minimum atomic E-state index is -0.0332. The smallest absolute Gasteiger partial charge is 0.179 e. The molecule has 0 spiro atoms. The Morgan fingerprint density at radius 2 is 0.938 bits per heavy atom. The van der Waals surface area contributed by atoms with E-state index in [-0.39, 0.29) is 5.41 Å². The van der Waals surface area contributed by atoms with Crippen LogP contribution >= 0.6 is 0 Å². The average Bonchev–Trinajstić information content (AvgIpc) is 3.60. The lowest BCUT2D eigenvalue weighted by Gasteiger charge is -2.33. The van der Waals surface area contributed by atoms with Crippen molar-refractivity contribution in [3.05, 3.63) is 156 Å². The van der Waals surface area contributed by atoms with Gasteiger partial charge < -0.3 is 0 Å². The van der Waals surface area contributed by atoms with E-state index >= 15 is 0 Å². The van der Waals surface area contributed by atoms with E-state index in [0.717, 1.165) is 50.0 Å². The molecule has 0 saturated heterocycles. The molecule has 0 radical (unpaired) electrons. The topological polar surface area (TPSA) is 51.6 Å². The molecule has 4 nitrogen and oxygen atoms in total. The lowest BCUT2D eigenvalue weighted by Crippen LogP contribution is -2.25. The predicted molar refractivity (Wildman–Crippen MR) is 276 cm³/mol. The summed E-state index contributed by atoms with van der Waals surface area (Å²) in [5, 5.41) is 7.04. The van der Waals surface area contributed by atoms with Gasteiger partial charge in [0.25, 0.3) is 0 Å². The van der Waals surface area contributed by atoms with Crippen molar-refractivity contribution in [2.24, 2.45) is 0 Å². The second-order valence-corrected chi connectivity index (χ2v) is 19.1. The van der Waals surface area contributed by atoms with Gasteiger partial charge >= 0.3 is 0 Å². The van der Waals surface area contributed by atoms with Gasteiger partial charge in [-0.1, -0.05) is 187 Å². The lowest BCUT2D eigenvalue weighted by molar-refractivity contribution is 0.398. The summed E-state index contributed by atoms with van der Waals surface area (Å²) in [5.74, 6) is 0.617. The summed E-state index contributed by atoms with van der Waals surface area (Å²) >= 11 is 0. The van der Waals surface area contributed by atoms with Gasteiger partial charge in [0.1, 0.15) is 5.69 Å². The average molecular weight is 851 g/mol. The Bertz CT molecular complexity index is 3160. The van der Waals surface area contributed by atoms with Crippen molar-refractivity contribution in [1.82, 2.24) is 19.9 Å². The summed E-state index contributed by atoms with van der Waals surface area (Å²) in [7, 11) is 0. The van der Waals surface area contributed by atoms with E-state index < -0.39 is 0 Å². The van der Waals surface area contributed by atoms with Gasteiger partial charge in [0.15, 0.2) is 5.82 Å². The Hall–Kier alpha value is -6.26. The van der Waals surface area contributed by atoms with Gasteiger partial charge in [-0.15, -0.1) is 0 Å². The molecule has 3 aromatic heterocycles. The fourth-order valence-corrected chi connectivity index (χ4v) is 10.8. The highest BCUT2D eigenvalue weighted by Gasteiger charge is 2.42. The van der Waals surface area contributed by atoms with Crippen molar-refractivity contribution in [3.63, 3.8) is 0 Å². The Kier molecular flexibility index (Phi) is 12.3. The third kappa shape index (κ3) is 8.56. The Labute approximate surface area is 385 Å². The van der Waals surface area contributed by atoms with E-state index in [1.54, 1.807) is 0 Å². The zero-order chi connectivity index (χ0) is 44.3. The first kappa shape index (κ1) is 42.7. The molecule has 9 aromatic rings. The predicted octanol–water partition coefficient (Wildman–Crippen LogP) is 17.3. The minimum absolute atomic E-state index is 0.0332. The lowest BCUT2D eigenvalue weighted by atomic mass is 9.70. The Morgan fingerprint density at radius 3 is 1.66 bits per heavy atom. The molecule has 6 aromatic carbocycles. The standard InChI is InChI=1S/C61H62N4/c1-5-7-9-11-13-15-31-61(32-16-14-12-10-8-6-2)53-35-42(4)20-28-51(53)52-29-26-48(39-54(52)61)57-40-56(47-25-24-46-36-49-34-41(3)19-21-45(49)37-50(46)38-47)64-60(65-57)55-30-27-44-23-22-43-18-17-33-62-58(43)59(44)63-55/h17-30,33-40H,5-16,31-32H2,1-4H3. The van der Waals surface area contributed by atoms with Gasteiger partial charge in [0.05, 0.1) is 22.4 Å². The van der Waals surface area contributed by atoms with Gasteiger partial charge in [-0.05, 0) is 113 Å². The van der Waals surface area contributed by atoms with Gasteiger partial charge in [0, 0.05) is 33.5 Å².